The summed E-state index contributed by atoms with van der Waals surface area (Å²) in [4.78, 5) is 18.6. The van der Waals surface area contributed by atoms with Gasteiger partial charge in [-0.3, -0.25) is 9.78 Å². The minimum atomic E-state index is -4.40. The third kappa shape index (κ3) is 2.65. The fourth-order valence-electron chi connectivity index (χ4n) is 1.12. The maximum Gasteiger partial charge on any atom is 0.399 e. The number of alkyl halides is 3. The number of carbonyl (C=O) groups excluding carboxylic acids is 1. The summed E-state index contributed by atoms with van der Waals surface area (Å²) in [5, 5.41) is 0. The van der Waals surface area contributed by atoms with Crippen LogP contribution in [0.15, 0.2) is 12.4 Å². The first kappa shape index (κ1) is 13.7. The summed E-state index contributed by atoms with van der Waals surface area (Å²) in [7, 11) is 1.65. The molecule has 7 heteroatoms. The lowest BCUT2D eigenvalue weighted by Gasteiger charge is -2.26. The van der Waals surface area contributed by atoms with Gasteiger partial charge < -0.3 is 0 Å². The average molecular weight is 244 g/mol. The van der Waals surface area contributed by atoms with E-state index < -0.39 is 11.6 Å². The number of hydrogen-bond acceptors (Lipinski definition) is 3. The number of Topliss-reactive ketones (excluding diaryl/α,β-unsaturated/α-hetero) is 1. The van der Waals surface area contributed by atoms with Crippen molar-refractivity contribution in [2.45, 2.75) is 31.8 Å². The van der Waals surface area contributed by atoms with E-state index in [4.69, 9.17) is 0 Å². The minimum absolute atomic E-state index is 0.0919. The van der Waals surface area contributed by atoms with Crippen LogP contribution in [-0.2, 0) is 5.41 Å². The Balaban J connectivity index is 3.07. The SMILES string of the molecule is BCC(=O)c1cnc(C(C)(C)C(F)(F)F)cn1. The van der Waals surface area contributed by atoms with E-state index in [1.54, 1.807) is 7.85 Å². The maximum absolute atomic E-state index is 12.7. The second-order valence-corrected chi connectivity index (χ2v) is 4.19. The molecule has 0 amide bonds. The van der Waals surface area contributed by atoms with Crippen molar-refractivity contribution in [2.24, 2.45) is 0 Å². The Hall–Kier alpha value is -1.40. The molecule has 92 valence electrons. The fourth-order valence-corrected chi connectivity index (χ4v) is 1.12. The van der Waals surface area contributed by atoms with Gasteiger partial charge in [0.15, 0.2) is 5.78 Å². The molecule has 0 radical (unpaired) electrons. The summed E-state index contributed by atoms with van der Waals surface area (Å²) in [5.74, 6) is -0.242. The molecule has 0 atom stereocenters. The van der Waals surface area contributed by atoms with Gasteiger partial charge in [0.05, 0.1) is 18.1 Å². The van der Waals surface area contributed by atoms with Gasteiger partial charge in [0, 0.05) is 0 Å². The number of carbonyl (C=O) groups is 1. The van der Waals surface area contributed by atoms with Gasteiger partial charge in [-0.1, -0.05) is 0 Å². The van der Waals surface area contributed by atoms with Crippen molar-refractivity contribution in [1.82, 2.24) is 9.97 Å². The number of aromatic nitrogens is 2. The predicted molar refractivity (Wildman–Crippen MR) is 58.8 cm³/mol. The lowest BCUT2D eigenvalue weighted by molar-refractivity contribution is -0.181. The molecule has 1 heterocycles. The second kappa shape index (κ2) is 4.47. The standard InChI is InChI=1S/C10H12BF3N2O/c1-9(2,10(12,13)14)8-5-15-6(4-16-8)7(17)3-11/h4-5H,3,11H2,1-2H3. The molecule has 0 aromatic carbocycles. The van der Waals surface area contributed by atoms with Crippen molar-refractivity contribution < 1.29 is 18.0 Å². The van der Waals surface area contributed by atoms with E-state index in [2.05, 4.69) is 9.97 Å². The van der Waals surface area contributed by atoms with Crippen LogP contribution < -0.4 is 0 Å². The molecule has 0 fully saturated rings. The summed E-state index contributed by atoms with van der Waals surface area (Å²) in [6.45, 7) is 2.05. The van der Waals surface area contributed by atoms with Gasteiger partial charge in [0.1, 0.15) is 19.0 Å². The molecule has 0 N–H and O–H groups in total. The molecule has 1 aromatic rings. The van der Waals surface area contributed by atoms with E-state index in [-0.39, 0.29) is 23.5 Å². The number of nitrogens with zero attached hydrogens (tertiary/aromatic N) is 2. The molecule has 1 aromatic heterocycles. The maximum atomic E-state index is 12.7. The van der Waals surface area contributed by atoms with Crippen molar-refractivity contribution in [1.29, 1.82) is 0 Å². The molecule has 3 nitrogen and oxygen atoms in total. The normalized spacial score (nSPS) is 12.5. The Morgan fingerprint density at radius 3 is 2.24 bits per heavy atom. The highest BCUT2D eigenvalue weighted by Gasteiger charge is 2.49. The lowest BCUT2D eigenvalue weighted by atomic mass is 9.89. The molecule has 0 bridgehead atoms. The summed E-state index contributed by atoms with van der Waals surface area (Å²) in [5.41, 5.74) is -2.18. The largest absolute Gasteiger partial charge is 0.399 e. The van der Waals surface area contributed by atoms with E-state index in [0.717, 1.165) is 26.2 Å². The second-order valence-electron chi connectivity index (χ2n) is 4.19. The number of halogens is 3. The van der Waals surface area contributed by atoms with Crippen molar-refractivity contribution in [2.75, 3.05) is 0 Å². The zero-order valence-corrected chi connectivity index (χ0v) is 9.80. The van der Waals surface area contributed by atoms with Crippen LogP contribution in [0.25, 0.3) is 0 Å². The molecule has 0 aliphatic rings. The van der Waals surface area contributed by atoms with Crippen LogP contribution >= 0.6 is 0 Å². The molecule has 0 saturated heterocycles. The summed E-state index contributed by atoms with van der Waals surface area (Å²) in [6, 6.07) is 0. The summed E-state index contributed by atoms with van der Waals surface area (Å²) in [6.07, 6.45) is -2.06. The Kier molecular flexibility index (Phi) is 3.59. The number of rotatable bonds is 3. The summed E-state index contributed by atoms with van der Waals surface area (Å²) >= 11 is 0. The van der Waals surface area contributed by atoms with E-state index in [1.807, 2.05) is 0 Å². The lowest BCUT2D eigenvalue weighted by Crippen LogP contribution is -2.37. The van der Waals surface area contributed by atoms with Gasteiger partial charge in [-0.2, -0.15) is 13.2 Å². The molecular weight excluding hydrogens is 232 g/mol. The first-order valence-corrected chi connectivity index (χ1v) is 5.12. The first-order valence-electron chi connectivity index (χ1n) is 5.12. The van der Waals surface area contributed by atoms with Crippen molar-refractivity contribution in [3.63, 3.8) is 0 Å². The van der Waals surface area contributed by atoms with Crippen LogP contribution in [0.3, 0.4) is 0 Å². The minimum Gasteiger partial charge on any atom is -0.293 e. The van der Waals surface area contributed by atoms with Crippen LogP contribution in [0.1, 0.15) is 30.0 Å². The fraction of sp³-hybridized carbons (Fsp3) is 0.500. The third-order valence-corrected chi connectivity index (χ3v) is 2.61. The van der Waals surface area contributed by atoms with Crippen molar-refractivity contribution in [3.05, 3.63) is 23.8 Å². The topological polar surface area (TPSA) is 42.9 Å². The molecule has 1 rings (SSSR count). The molecule has 0 aliphatic heterocycles. The van der Waals surface area contributed by atoms with E-state index >= 15 is 0 Å². The van der Waals surface area contributed by atoms with Crippen LogP contribution in [-0.4, -0.2) is 29.8 Å². The van der Waals surface area contributed by atoms with Crippen LogP contribution in [0.5, 0.6) is 0 Å². The molecular formula is C10H12BF3N2O. The molecule has 0 saturated carbocycles. The quantitative estimate of drug-likeness (QED) is 0.598. The highest BCUT2D eigenvalue weighted by Crippen LogP contribution is 2.39. The Labute approximate surface area is 97.9 Å². The van der Waals surface area contributed by atoms with Crippen LogP contribution in [0.2, 0.25) is 6.32 Å². The third-order valence-electron chi connectivity index (χ3n) is 2.61. The van der Waals surface area contributed by atoms with Crippen molar-refractivity contribution >= 4 is 13.6 Å². The van der Waals surface area contributed by atoms with Gasteiger partial charge in [0.25, 0.3) is 0 Å². The Morgan fingerprint density at radius 2 is 1.88 bits per heavy atom. The molecule has 17 heavy (non-hydrogen) atoms. The van der Waals surface area contributed by atoms with E-state index in [1.165, 1.54) is 0 Å². The predicted octanol–water partition coefficient (Wildman–Crippen LogP) is 1.55. The smallest absolute Gasteiger partial charge is 0.293 e. The van der Waals surface area contributed by atoms with Gasteiger partial charge in [-0.15, -0.1) is 0 Å². The van der Waals surface area contributed by atoms with E-state index in [0.29, 0.717) is 0 Å². The summed E-state index contributed by atoms with van der Waals surface area (Å²) < 4.78 is 38.1. The molecule has 0 aliphatic carbocycles. The molecule has 0 unspecified atom stereocenters. The van der Waals surface area contributed by atoms with Crippen molar-refractivity contribution in [3.8, 4) is 0 Å². The van der Waals surface area contributed by atoms with Crippen LogP contribution in [0, 0.1) is 0 Å². The number of hydrogen-bond donors (Lipinski definition) is 0. The Bertz CT molecular complexity index is 415. The average Bonchev–Trinajstić information content (AvgIpc) is 2.26. The molecule has 0 spiro atoms. The zero-order valence-electron chi connectivity index (χ0n) is 9.80. The monoisotopic (exact) mass is 244 g/mol. The van der Waals surface area contributed by atoms with Gasteiger partial charge in [0.2, 0.25) is 0 Å². The number of ketones is 1. The van der Waals surface area contributed by atoms with E-state index in [9.17, 15) is 18.0 Å². The highest BCUT2D eigenvalue weighted by atomic mass is 19.4. The Morgan fingerprint density at radius 1 is 1.29 bits per heavy atom. The highest BCUT2D eigenvalue weighted by molar-refractivity contribution is 6.23. The van der Waals surface area contributed by atoms with Gasteiger partial charge in [-0.25, -0.2) is 4.98 Å². The zero-order chi connectivity index (χ0) is 13.3. The first-order chi connectivity index (χ1) is 7.70. The van der Waals surface area contributed by atoms with Gasteiger partial charge >= 0.3 is 6.18 Å². The van der Waals surface area contributed by atoms with Gasteiger partial charge in [-0.05, 0) is 20.2 Å². The van der Waals surface area contributed by atoms with Crippen LogP contribution in [0.4, 0.5) is 13.2 Å².